The largest absolute Gasteiger partial charge is 0.497 e. The van der Waals surface area contributed by atoms with Crippen LogP contribution in [0.2, 0.25) is 0 Å². The van der Waals surface area contributed by atoms with E-state index in [0.717, 1.165) is 0 Å². The van der Waals surface area contributed by atoms with Gasteiger partial charge in [-0.05, 0) is 12.1 Å². The SMILES string of the molecule is COc1ccc(S(=O)(=O)O)c(N)c1. The predicted octanol–water partition coefficient (Wildman–Crippen LogP) is 0.524. The van der Waals surface area contributed by atoms with E-state index >= 15 is 0 Å². The first-order chi connectivity index (χ1) is 5.95. The normalized spacial score (nSPS) is 11.2. The molecule has 0 amide bonds. The second-order valence-corrected chi connectivity index (χ2v) is 3.77. The lowest BCUT2D eigenvalue weighted by atomic mass is 10.3. The smallest absolute Gasteiger partial charge is 0.296 e. The van der Waals surface area contributed by atoms with E-state index < -0.39 is 10.1 Å². The highest BCUT2D eigenvalue weighted by atomic mass is 32.2. The van der Waals surface area contributed by atoms with Crippen LogP contribution in [-0.2, 0) is 10.1 Å². The lowest BCUT2D eigenvalue weighted by Crippen LogP contribution is -2.03. The summed E-state index contributed by atoms with van der Waals surface area (Å²) < 4.78 is 34.9. The van der Waals surface area contributed by atoms with E-state index in [1.807, 2.05) is 0 Å². The Kier molecular flexibility index (Phi) is 2.44. The van der Waals surface area contributed by atoms with E-state index in [-0.39, 0.29) is 10.6 Å². The average molecular weight is 203 g/mol. The van der Waals surface area contributed by atoms with Gasteiger partial charge in [0.05, 0.1) is 12.8 Å². The van der Waals surface area contributed by atoms with Crippen LogP contribution in [0.3, 0.4) is 0 Å². The van der Waals surface area contributed by atoms with Gasteiger partial charge in [-0.1, -0.05) is 0 Å². The summed E-state index contributed by atoms with van der Waals surface area (Å²) in [6, 6.07) is 3.91. The fourth-order valence-corrected chi connectivity index (χ4v) is 1.49. The molecule has 0 aliphatic carbocycles. The second kappa shape index (κ2) is 3.23. The Balaban J connectivity index is 3.29. The Morgan fingerprint density at radius 2 is 2.08 bits per heavy atom. The van der Waals surface area contributed by atoms with E-state index in [2.05, 4.69) is 0 Å². The monoisotopic (exact) mass is 203 g/mol. The number of ether oxygens (including phenoxy) is 1. The number of hydrogen-bond acceptors (Lipinski definition) is 4. The average Bonchev–Trinajstić information content (AvgIpc) is 2.01. The summed E-state index contributed by atoms with van der Waals surface area (Å²) in [7, 11) is -2.81. The third-order valence-electron chi connectivity index (χ3n) is 1.49. The zero-order valence-electron chi connectivity index (χ0n) is 6.89. The van der Waals surface area contributed by atoms with Crippen molar-refractivity contribution in [1.82, 2.24) is 0 Å². The summed E-state index contributed by atoms with van der Waals surface area (Å²) in [4.78, 5) is -0.312. The summed E-state index contributed by atoms with van der Waals surface area (Å²) in [5.74, 6) is 0.435. The van der Waals surface area contributed by atoms with Gasteiger partial charge in [0.15, 0.2) is 0 Å². The highest BCUT2D eigenvalue weighted by Crippen LogP contribution is 2.23. The van der Waals surface area contributed by atoms with Crippen molar-refractivity contribution >= 4 is 15.8 Å². The fraction of sp³-hybridized carbons (Fsp3) is 0.143. The molecular formula is C7H9NO4S. The Hall–Kier alpha value is -1.27. The van der Waals surface area contributed by atoms with E-state index in [1.54, 1.807) is 0 Å². The maximum absolute atomic E-state index is 10.7. The summed E-state index contributed by atoms with van der Waals surface area (Å²) in [5, 5.41) is 0. The van der Waals surface area contributed by atoms with Crippen LogP contribution in [0.25, 0.3) is 0 Å². The molecule has 0 bridgehead atoms. The first-order valence-corrected chi connectivity index (χ1v) is 4.80. The van der Waals surface area contributed by atoms with Gasteiger partial charge >= 0.3 is 0 Å². The van der Waals surface area contributed by atoms with Gasteiger partial charge in [-0.15, -0.1) is 0 Å². The first-order valence-electron chi connectivity index (χ1n) is 3.36. The lowest BCUT2D eigenvalue weighted by molar-refractivity contribution is 0.414. The molecule has 5 nitrogen and oxygen atoms in total. The number of anilines is 1. The molecule has 0 saturated carbocycles. The molecule has 0 saturated heterocycles. The minimum Gasteiger partial charge on any atom is -0.497 e. The van der Waals surface area contributed by atoms with Gasteiger partial charge in [-0.3, -0.25) is 4.55 Å². The molecule has 0 aliphatic rings. The van der Waals surface area contributed by atoms with Crippen LogP contribution < -0.4 is 10.5 Å². The number of methoxy groups -OCH3 is 1. The van der Waals surface area contributed by atoms with Gasteiger partial charge < -0.3 is 10.5 Å². The van der Waals surface area contributed by atoms with Crippen molar-refractivity contribution in [2.45, 2.75) is 4.90 Å². The van der Waals surface area contributed by atoms with E-state index in [4.69, 9.17) is 15.0 Å². The zero-order chi connectivity index (χ0) is 10.1. The standard InChI is InChI=1S/C7H9NO4S/c1-12-5-2-3-7(6(8)4-5)13(9,10)11/h2-4H,8H2,1H3,(H,9,10,11). The van der Waals surface area contributed by atoms with Crippen LogP contribution in [0.15, 0.2) is 23.1 Å². The minimum absolute atomic E-state index is 0.0400. The molecule has 1 aromatic rings. The van der Waals surface area contributed by atoms with E-state index in [1.165, 1.54) is 25.3 Å². The molecule has 1 rings (SSSR count). The van der Waals surface area contributed by atoms with Crippen molar-refractivity contribution in [3.05, 3.63) is 18.2 Å². The number of rotatable bonds is 2. The summed E-state index contributed by atoms with van der Waals surface area (Å²) in [5.41, 5.74) is 5.32. The quantitative estimate of drug-likeness (QED) is 0.540. The molecule has 0 aliphatic heterocycles. The third-order valence-corrected chi connectivity index (χ3v) is 2.42. The molecule has 0 atom stereocenters. The van der Waals surface area contributed by atoms with Crippen molar-refractivity contribution in [2.24, 2.45) is 0 Å². The van der Waals surface area contributed by atoms with Crippen LogP contribution in [0.5, 0.6) is 5.75 Å². The Labute approximate surface area is 75.9 Å². The number of benzene rings is 1. The maximum atomic E-state index is 10.7. The van der Waals surface area contributed by atoms with Crippen LogP contribution in [0.4, 0.5) is 5.69 Å². The topological polar surface area (TPSA) is 89.6 Å². The van der Waals surface area contributed by atoms with Gasteiger partial charge in [-0.2, -0.15) is 8.42 Å². The molecule has 0 aromatic heterocycles. The Morgan fingerprint density at radius 1 is 1.46 bits per heavy atom. The number of nitrogen functional groups attached to an aromatic ring is 1. The summed E-state index contributed by atoms with van der Waals surface area (Å²) in [6.07, 6.45) is 0. The second-order valence-electron chi connectivity index (χ2n) is 2.38. The molecule has 0 spiro atoms. The van der Waals surface area contributed by atoms with Crippen molar-refractivity contribution < 1.29 is 17.7 Å². The van der Waals surface area contributed by atoms with Crippen LogP contribution in [0, 0.1) is 0 Å². The summed E-state index contributed by atoms with van der Waals surface area (Å²) >= 11 is 0. The third kappa shape index (κ3) is 2.10. The maximum Gasteiger partial charge on any atom is 0.296 e. The fourth-order valence-electron chi connectivity index (χ4n) is 0.888. The molecule has 72 valence electrons. The van der Waals surface area contributed by atoms with Crippen molar-refractivity contribution in [3.8, 4) is 5.75 Å². The van der Waals surface area contributed by atoms with Crippen LogP contribution >= 0.6 is 0 Å². The van der Waals surface area contributed by atoms with Gasteiger partial charge in [0, 0.05) is 6.07 Å². The van der Waals surface area contributed by atoms with Crippen LogP contribution in [-0.4, -0.2) is 20.1 Å². The number of hydrogen-bond donors (Lipinski definition) is 2. The Bertz CT molecular complexity index is 413. The van der Waals surface area contributed by atoms with Crippen molar-refractivity contribution in [3.63, 3.8) is 0 Å². The van der Waals surface area contributed by atoms with Gasteiger partial charge in [-0.25, -0.2) is 0 Å². The van der Waals surface area contributed by atoms with Crippen molar-refractivity contribution in [1.29, 1.82) is 0 Å². The highest BCUT2D eigenvalue weighted by Gasteiger charge is 2.13. The highest BCUT2D eigenvalue weighted by molar-refractivity contribution is 7.86. The van der Waals surface area contributed by atoms with Gasteiger partial charge in [0.2, 0.25) is 0 Å². The molecule has 1 aromatic carbocycles. The zero-order valence-corrected chi connectivity index (χ0v) is 7.71. The molecule has 0 heterocycles. The van der Waals surface area contributed by atoms with Gasteiger partial charge in [0.1, 0.15) is 10.6 Å². The molecule has 0 radical (unpaired) electrons. The number of nitrogens with two attached hydrogens (primary N) is 1. The predicted molar refractivity (Wildman–Crippen MR) is 47.2 cm³/mol. The molecule has 6 heteroatoms. The molecule has 13 heavy (non-hydrogen) atoms. The van der Waals surface area contributed by atoms with E-state index in [0.29, 0.717) is 5.75 Å². The van der Waals surface area contributed by atoms with Crippen LogP contribution in [0.1, 0.15) is 0 Å². The van der Waals surface area contributed by atoms with Gasteiger partial charge in [0.25, 0.3) is 10.1 Å². The van der Waals surface area contributed by atoms with Crippen molar-refractivity contribution in [2.75, 3.05) is 12.8 Å². The molecule has 3 N–H and O–H groups in total. The molecule has 0 fully saturated rings. The summed E-state index contributed by atoms with van der Waals surface area (Å²) in [6.45, 7) is 0. The lowest BCUT2D eigenvalue weighted by Gasteiger charge is -2.04. The first kappa shape index (κ1) is 9.82. The molecule has 0 unspecified atom stereocenters. The Morgan fingerprint density at radius 3 is 2.46 bits per heavy atom. The molecular weight excluding hydrogens is 194 g/mol. The minimum atomic E-state index is -4.24. The van der Waals surface area contributed by atoms with E-state index in [9.17, 15) is 8.42 Å².